The molecule has 14 bridgehead atoms. The quantitative estimate of drug-likeness (QED) is 0.215. The zero-order chi connectivity index (χ0) is 44.8. The molecule has 3 N–H and O–H groups in total. The third-order valence-corrected chi connectivity index (χ3v) is 23.3. The van der Waals surface area contributed by atoms with E-state index < -0.39 is 16.4 Å². The molecule has 4 saturated carbocycles. The average Bonchev–Trinajstić information content (AvgIpc) is 4.04. The van der Waals surface area contributed by atoms with E-state index in [1.54, 1.807) is 22.4 Å². The van der Waals surface area contributed by atoms with Crippen molar-refractivity contribution < 1.29 is 24.2 Å². The molecule has 4 spiro atoms. The molecule has 1 aromatic carbocycles. The number of ether oxygens (including phenoxy) is 2. The highest BCUT2D eigenvalue weighted by Gasteiger charge is 2.94. The van der Waals surface area contributed by atoms with Gasteiger partial charge in [0.15, 0.2) is 11.4 Å². The lowest BCUT2D eigenvalue weighted by atomic mass is 9.26. The van der Waals surface area contributed by atoms with Crippen molar-refractivity contribution in [2.45, 2.75) is 172 Å². The Labute approximate surface area is 398 Å². The van der Waals surface area contributed by atoms with Crippen LogP contribution in [0.1, 0.15) is 170 Å². The smallest absolute Gasteiger partial charge is 0.339 e. The molecule has 17 aliphatic rings. The predicted octanol–water partition coefficient (Wildman–Crippen LogP) is 11.0. The number of benzene rings is 1. The molecular weight excluding hydrogens is 831 g/mol. The Morgan fingerprint density at radius 1 is 0.910 bits per heavy atom. The van der Waals surface area contributed by atoms with Crippen molar-refractivity contribution >= 4 is 11.9 Å². The number of hydrogen-bond acceptors (Lipinski definition) is 8. The number of rotatable bonds is 6. The van der Waals surface area contributed by atoms with Gasteiger partial charge in [0.2, 0.25) is 0 Å². The van der Waals surface area contributed by atoms with Crippen molar-refractivity contribution in [3.8, 4) is 0 Å². The fraction of sp³-hybridized carbons (Fsp3) is 0.729. The maximum absolute atomic E-state index is 16.5. The fourth-order valence-electron chi connectivity index (χ4n) is 21.1. The number of carbonyl (C=O) groups excluding carboxylic acids is 2. The Balaban J connectivity index is 1.03. The van der Waals surface area contributed by atoms with E-state index in [9.17, 15) is 5.11 Å². The molecular formula is C59H75N3O5. The normalized spacial score (nSPS) is 46.7. The van der Waals surface area contributed by atoms with Crippen LogP contribution < -0.4 is 5.73 Å². The van der Waals surface area contributed by atoms with E-state index in [4.69, 9.17) is 15.2 Å². The van der Waals surface area contributed by atoms with Crippen molar-refractivity contribution in [1.82, 2.24) is 9.80 Å². The van der Waals surface area contributed by atoms with Crippen LogP contribution in [0.4, 0.5) is 0 Å². The number of aliphatic hydroxyl groups is 1. The first kappa shape index (κ1) is 41.4. The van der Waals surface area contributed by atoms with Crippen LogP contribution in [-0.4, -0.2) is 65.1 Å². The number of nitrogens with two attached hydrogens (primary N) is 1. The molecule has 8 nitrogen and oxygen atoms in total. The van der Waals surface area contributed by atoms with Gasteiger partial charge in [-0.1, -0.05) is 92.9 Å². The second-order valence-corrected chi connectivity index (χ2v) is 25.6. The Morgan fingerprint density at radius 3 is 2.61 bits per heavy atom. The van der Waals surface area contributed by atoms with Crippen molar-refractivity contribution in [3.63, 3.8) is 0 Å². The summed E-state index contributed by atoms with van der Waals surface area (Å²) in [6.07, 6.45) is 28.1. The monoisotopic (exact) mass is 906 g/mol. The second-order valence-electron chi connectivity index (χ2n) is 25.6. The second kappa shape index (κ2) is 14.4. The fourth-order valence-corrected chi connectivity index (χ4v) is 21.1. The summed E-state index contributed by atoms with van der Waals surface area (Å²) in [6.45, 7) is 6.51. The first-order chi connectivity index (χ1) is 32.7. The van der Waals surface area contributed by atoms with Crippen molar-refractivity contribution in [1.29, 1.82) is 0 Å². The molecule has 9 heterocycles. The molecule has 1 aromatic rings. The van der Waals surface area contributed by atoms with Crippen LogP contribution in [0, 0.1) is 69.5 Å². The molecule has 3 saturated heterocycles. The van der Waals surface area contributed by atoms with Crippen molar-refractivity contribution in [2.24, 2.45) is 75.2 Å². The van der Waals surface area contributed by atoms with Gasteiger partial charge < -0.3 is 25.2 Å². The minimum atomic E-state index is -1.12. The number of aliphatic hydroxyl groups excluding tert-OH is 1. The topological polar surface area (TPSA) is 105 Å². The zero-order valence-electron chi connectivity index (χ0n) is 40.3. The first-order valence-corrected chi connectivity index (χ1v) is 28.1. The number of carbonyl (C=O) groups is 2. The maximum atomic E-state index is 16.5. The van der Waals surface area contributed by atoms with Gasteiger partial charge in [0.1, 0.15) is 11.2 Å². The summed E-state index contributed by atoms with van der Waals surface area (Å²) in [6, 6.07) is 7.18. The molecule has 356 valence electrons. The molecule has 14 atom stereocenters. The number of esters is 2. The van der Waals surface area contributed by atoms with Crippen LogP contribution >= 0.6 is 0 Å². The van der Waals surface area contributed by atoms with Gasteiger partial charge in [0, 0.05) is 67.2 Å². The third kappa shape index (κ3) is 5.00. The summed E-state index contributed by atoms with van der Waals surface area (Å²) in [7, 11) is 0. The summed E-state index contributed by atoms with van der Waals surface area (Å²) < 4.78 is 14.6. The van der Waals surface area contributed by atoms with Gasteiger partial charge in [-0.25, -0.2) is 4.79 Å². The standard InChI is InChI=1S/C59H75N3O5/c1-33-23-39-16-17-46-41-24-35-30-61(32-41)42(25-34-9-3-2-4-10-34)28-47(63)53-57-21-19-43-50-44-29-56(33,51(43)52(39)62(46)31-35)20-18-38(44)26-40(36-11-5-6-12-36)27-48(58(50,57)55(65)66-53)59(57)45-15-7-13-37(14-8-22-60)49(45)54(64)67-59/h7,13,15,26,33-36,40-42,44,46,48,51,63H,2-6,8-12,14,16-25,27-32,60H2,1H3/b38-26?,53-47+/t33-,35-,40-,41+,42-,44-,46-,48+,51-,56-,57-,58-,59-/m1/s1. The lowest BCUT2D eigenvalue weighted by Gasteiger charge is -2.74. The minimum absolute atomic E-state index is 0.136. The van der Waals surface area contributed by atoms with Crippen LogP contribution in [0.5, 0.6) is 0 Å². The Bertz CT molecular complexity index is 2490. The number of hydrogen-bond donors (Lipinski definition) is 2. The average molecular weight is 906 g/mol. The third-order valence-electron chi connectivity index (χ3n) is 23.3. The summed E-state index contributed by atoms with van der Waals surface area (Å²) in [5.41, 5.74) is 13.8. The predicted molar refractivity (Wildman–Crippen MR) is 256 cm³/mol. The summed E-state index contributed by atoms with van der Waals surface area (Å²) in [5, 5.41) is 13.5. The summed E-state index contributed by atoms with van der Waals surface area (Å²) in [5.74, 6) is 3.92. The van der Waals surface area contributed by atoms with Crippen LogP contribution in [-0.2, 0) is 26.3 Å². The number of piperidine rings is 2. The van der Waals surface area contributed by atoms with Crippen LogP contribution in [0.2, 0.25) is 0 Å². The molecule has 0 aromatic heterocycles. The molecule has 8 heteroatoms. The highest BCUT2D eigenvalue weighted by atomic mass is 16.6. The van der Waals surface area contributed by atoms with Gasteiger partial charge >= 0.3 is 11.9 Å². The molecule has 67 heavy (non-hydrogen) atoms. The Hall–Kier alpha value is -3.36. The van der Waals surface area contributed by atoms with Gasteiger partial charge in [-0.15, -0.1) is 0 Å². The number of allylic oxidation sites excluding steroid dienone is 4. The lowest BCUT2D eigenvalue weighted by molar-refractivity contribution is -0.283. The maximum Gasteiger partial charge on any atom is 0.339 e. The van der Waals surface area contributed by atoms with Crippen LogP contribution in [0.3, 0.4) is 0 Å². The van der Waals surface area contributed by atoms with E-state index in [-0.39, 0.29) is 41.0 Å². The van der Waals surface area contributed by atoms with E-state index in [0.717, 1.165) is 69.3 Å². The van der Waals surface area contributed by atoms with Gasteiger partial charge in [0.25, 0.3) is 0 Å². The molecule has 7 fully saturated rings. The lowest BCUT2D eigenvalue weighted by Crippen LogP contribution is -2.78. The molecule has 0 amide bonds. The van der Waals surface area contributed by atoms with E-state index in [0.29, 0.717) is 84.6 Å². The van der Waals surface area contributed by atoms with E-state index in [2.05, 4.69) is 41.0 Å². The SMILES string of the molecule is C[C@@H]1CC2=C3[C@H]4C5=C6[C@@H]7C[C@@]41CCC7=C[C@@H](C1CCCC1)C[C@H]1[C@]64C(=O)O/C(=C(/O)C[C@@H](CC6CCCCC6)N6C[C@H]7C[C@@H](C6)[C@@H](CC2)N3C7)[C@@]4(CC5)[C@]12OC(=O)c1c(CCCN)cccc12. The number of aryl methyl sites for hydroxylation is 1. The van der Waals surface area contributed by atoms with E-state index >= 15 is 9.59 Å². The van der Waals surface area contributed by atoms with Crippen LogP contribution in [0.15, 0.2) is 63.8 Å². The Morgan fingerprint density at radius 2 is 1.76 bits per heavy atom. The number of nitrogens with zero attached hydrogens (tertiary/aromatic N) is 2. The molecule has 0 radical (unpaired) electrons. The highest BCUT2D eigenvalue weighted by Crippen LogP contribution is 2.89. The summed E-state index contributed by atoms with van der Waals surface area (Å²) in [4.78, 5) is 37.5. The van der Waals surface area contributed by atoms with E-state index in [1.165, 1.54) is 95.5 Å². The number of fused-ring (bicyclic) bond motifs is 3. The van der Waals surface area contributed by atoms with Crippen LogP contribution in [0.25, 0.3) is 0 Å². The zero-order valence-corrected chi connectivity index (χ0v) is 40.3. The van der Waals surface area contributed by atoms with Gasteiger partial charge in [-0.2, -0.15) is 0 Å². The molecule has 8 aliphatic carbocycles. The van der Waals surface area contributed by atoms with Crippen molar-refractivity contribution in [3.05, 3.63) is 80.5 Å². The van der Waals surface area contributed by atoms with Gasteiger partial charge in [-0.3, -0.25) is 9.69 Å². The molecule has 1 unspecified atom stereocenters. The van der Waals surface area contributed by atoms with E-state index in [1.807, 2.05) is 0 Å². The minimum Gasteiger partial charge on any atom is -0.509 e. The van der Waals surface area contributed by atoms with Crippen molar-refractivity contribution in [2.75, 3.05) is 26.2 Å². The first-order valence-electron chi connectivity index (χ1n) is 28.1. The van der Waals surface area contributed by atoms with Gasteiger partial charge in [0.05, 0.1) is 11.0 Å². The Kier molecular flexibility index (Phi) is 8.89. The molecule has 18 rings (SSSR count). The highest BCUT2D eigenvalue weighted by molar-refractivity contribution is 6.00. The largest absolute Gasteiger partial charge is 0.509 e. The van der Waals surface area contributed by atoms with Gasteiger partial charge in [-0.05, 0) is 155 Å². The molecule has 9 aliphatic heterocycles. The summed E-state index contributed by atoms with van der Waals surface area (Å²) >= 11 is 0.